The summed E-state index contributed by atoms with van der Waals surface area (Å²) >= 11 is 0. The molecular weight excluding hydrogens is 305 g/mol. The van der Waals surface area contributed by atoms with E-state index in [2.05, 4.69) is 0 Å². The first-order valence-corrected chi connectivity index (χ1v) is 4.33. The third-order valence-electron chi connectivity index (χ3n) is 2.13. The molecule has 1 unspecified atom stereocenters. The van der Waals surface area contributed by atoms with Crippen molar-refractivity contribution in [1.82, 2.24) is 0 Å². The van der Waals surface area contributed by atoms with Gasteiger partial charge in [0.15, 0.2) is 0 Å². The molecule has 0 bridgehead atoms. The number of hydrogen-bond donors (Lipinski definition) is 0. The summed E-state index contributed by atoms with van der Waals surface area (Å²) in [4.78, 5) is 0. The highest BCUT2D eigenvalue weighted by Crippen LogP contribution is 2.51. The largest absolute Gasteiger partial charge is 0.431 e. The fraction of sp³-hybridized carbons (Fsp3) is 0.750. The Hall–Kier alpha value is -1.03. The summed E-state index contributed by atoms with van der Waals surface area (Å²) in [5.41, 5.74) is -6.08. The molecule has 0 aliphatic rings. The Morgan fingerprint density at radius 2 is 1.11 bits per heavy atom. The van der Waals surface area contributed by atoms with Crippen LogP contribution >= 0.6 is 0 Å². The highest BCUT2D eigenvalue weighted by atomic mass is 19.4. The fourth-order valence-electron chi connectivity index (χ4n) is 1.08. The van der Waals surface area contributed by atoms with Gasteiger partial charge in [-0.1, -0.05) is 0 Å². The second-order valence-corrected chi connectivity index (χ2v) is 3.47. The van der Waals surface area contributed by atoms with E-state index in [1.807, 2.05) is 0 Å². The van der Waals surface area contributed by atoms with Crippen molar-refractivity contribution in [1.29, 1.82) is 0 Å². The number of alkyl halides is 10. The van der Waals surface area contributed by atoms with Crippen LogP contribution in [-0.2, 0) is 0 Å². The van der Waals surface area contributed by atoms with Crippen LogP contribution in [0.1, 0.15) is 6.42 Å². The summed E-state index contributed by atoms with van der Waals surface area (Å²) in [6.45, 7) is 0. The molecule has 0 aromatic heterocycles. The minimum atomic E-state index is -6.61. The van der Waals surface area contributed by atoms with Gasteiger partial charge in [0.05, 0.1) is 12.2 Å². The van der Waals surface area contributed by atoms with Gasteiger partial charge in [-0.05, 0) is 6.08 Å². The summed E-state index contributed by atoms with van der Waals surface area (Å²) < 4.78 is 133. The molecule has 0 heterocycles. The lowest BCUT2D eigenvalue weighted by atomic mass is 9.90. The zero-order valence-electron chi connectivity index (χ0n) is 8.60. The smallest absolute Gasteiger partial charge is 0.224 e. The van der Waals surface area contributed by atoms with Crippen LogP contribution in [0.15, 0.2) is 12.4 Å². The Labute approximate surface area is 98.4 Å². The standard InChI is InChI=1S/C8H5F11/c9-2-1-4(6(11,12)13)3-5(10,7(14,15)16)8(17,18)19/h1-2,4H,3H2. The zero-order chi connectivity index (χ0) is 15.7. The number of hydrogen-bond acceptors (Lipinski definition) is 0. The molecule has 11 heteroatoms. The van der Waals surface area contributed by atoms with Crippen LogP contribution in [0.2, 0.25) is 0 Å². The van der Waals surface area contributed by atoms with E-state index in [0.717, 1.165) is 0 Å². The number of rotatable bonds is 3. The summed E-state index contributed by atoms with van der Waals surface area (Å²) in [7, 11) is 0. The van der Waals surface area contributed by atoms with E-state index in [1.165, 1.54) is 0 Å². The maximum Gasteiger partial charge on any atom is 0.431 e. The zero-order valence-corrected chi connectivity index (χ0v) is 8.60. The van der Waals surface area contributed by atoms with Crippen LogP contribution in [0.25, 0.3) is 0 Å². The molecule has 0 aromatic rings. The summed E-state index contributed by atoms with van der Waals surface area (Å²) in [6.07, 6.45) is -23.4. The molecular formula is C8H5F11. The van der Waals surface area contributed by atoms with E-state index >= 15 is 0 Å². The molecule has 0 amide bonds. The molecule has 0 saturated carbocycles. The average molecular weight is 310 g/mol. The van der Waals surface area contributed by atoms with Crippen molar-refractivity contribution in [2.24, 2.45) is 5.92 Å². The van der Waals surface area contributed by atoms with Crippen molar-refractivity contribution >= 4 is 0 Å². The Morgan fingerprint density at radius 1 is 0.737 bits per heavy atom. The lowest BCUT2D eigenvalue weighted by Crippen LogP contribution is -2.55. The first kappa shape index (κ1) is 18.0. The molecule has 0 aliphatic carbocycles. The maximum atomic E-state index is 13.0. The van der Waals surface area contributed by atoms with Gasteiger partial charge in [-0.15, -0.1) is 0 Å². The quantitative estimate of drug-likeness (QED) is 0.652. The summed E-state index contributed by atoms with van der Waals surface area (Å²) in [5, 5.41) is 0. The SMILES string of the molecule is FC=CC(CC(F)(C(F)(F)F)C(F)(F)F)C(F)(F)F. The van der Waals surface area contributed by atoms with Gasteiger partial charge < -0.3 is 0 Å². The van der Waals surface area contributed by atoms with E-state index in [0.29, 0.717) is 0 Å². The minimum Gasteiger partial charge on any atom is -0.224 e. The Balaban J connectivity index is 5.58. The van der Waals surface area contributed by atoms with E-state index < -0.39 is 48.9 Å². The highest BCUT2D eigenvalue weighted by molar-refractivity contribution is 5.01. The van der Waals surface area contributed by atoms with Gasteiger partial charge >= 0.3 is 18.5 Å². The molecule has 1 atom stereocenters. The molecule has 0 saturated heterocycles. The van der Waals surface area contributed by atoms with Gasteiger partial charge in [-0.3, -0.25) is 0 Å². The van der Waals surface area contributed by atoms with Crippen LogP contribution in [0.5, 0.6) is 0 Å². The van der Waals surface area contributed by atoms with Crippen molar-refractivity contribution < 1.29 is 48.3 Å². The third-order valence-corrected chi connectivity index (χ3v) is 2.13. The number of allylic oxidation sites excluding steroid dienone is 1. The summed E-state index contributed by atoms with van der Waals surface area (Å²) in [6, 6.07) is 0. The van der Waals surface area contributed by atoms with Gasteiger partial charge in [0.1, 0.15) is 0 Å². The minimum absolute atomic E-state index is 0.619. The molecule has 19 heavy (non-hydrogen) atoms. The third kappa shape index (κ3) is 3.96. The van der Waals surface area contributed by atoms with E-state index in [-0.39, 0.29) is 0 Å². The van der Waals surface area contributed by atoms with E-state index in [4.69, 9.17) is 0 Å². The summed E-state index contributed by atoms with van der Waals surface area (Å²) in [5.74, 6) is -3.56. The topological polar surface area (TPSA) is 0 Å². The Morgan fingerprint density at radius 3 is 1.32 bits per heavy atom. The van der Waals surface area contributed by atoms with Crippen molar-refractivity contribution in [3.8, 4) is 0 Å². The van der Waals surface area contributed by atoms with E-state index in [9.17, 15) is 48.3 Å². The number of halogens is 11. The Bertz CT molecular complexity index is 303. The van der Waals surface area contributed by atoms with Gasteiger partial charge in [0.25, 0.3) is 5.67 Å². The molecule has 0 aromatic carbocycles. The first-order chi connectivity index (χ1) is 8.17. The van der Waals surface area contributed by atoms with Crippen LogP contribution in [-0.4, -0.2) is 24.2 Å². The van der Waals surface area contributed by atoms with Crippen LogP contribution in [0, 0.1) is 5.92 Å². The van der Waals surface area contributed by atoms with Crippen LogP contribution < -0.4 is 0 Å². The lowest BCUT2D eigenvalue weighted by Gasteiger charge is -2.32. The molecule has 0 nitrogen and oxygen atoms in total. The lowest BCUT2D eigenvalue weighted by molar-refractivity contribution is -0.350. The predicted octanol–water partition coefficient (Wildman–Crippen LogP) is 4.87. The monoisotopic (exact) mass is 310 g/mol. The second kappa shape index (κ2) is 5.16. The van der Waals surface area contributed by atoms with Gasteiger partial charge in [-0.2, -0.15) is 39.5 Å². The average Bonchev–Trinajstić information content (AvgIpc) is 2.11. The predicted molar refractivity (Wildman–Crippen MR) is 40.4 cm³/mol. The van der Waals surface area contributed by atoms with Crippen LogP contribution in [0.4, 0.5) is 48.3 Å². The molecule has 0 spiro atoms. The maximum absolute atomic E-state index is 13.0. The van der Waals surface area contributed by atoms with Crippen molar-refractivity contribution in [2.75, 3.05) is 0 Å². The van der Waals surface area contributed by atoms with E-state index in [1.54, 1.807) is 0 Å². The van der Waals surface area contributed by atoms with Crippen LogP contribution in [0.3, 0.4) is 0 Å². The van der Waals surface area contributed by atoms with Crippen molar-refractivity contribution in [3.63, 3.8) is 0 Å². The molecule has 0 N–H and O–H groups in total. The van der Waals surface area contributed by atoms with Gasteiger partial charge in [-0.25, -0.2) is 8.78 Å². The Kier molecular flexibility index (Phi) is 4.88. The van der Waals surface area contributed by atoms with Crippen molar-refractivity contribution in [2.45, 2.75) is 30.6 Å². The molecule has 0 aliphatic heterocycles. The van der Waals surface area contributed by atoms with Gasteiger partial charge in [0.2, 0.25) is 0 Å². The molecule has 0 fully saturated rings. The highest BCUT2D eigenvalue weighted by Gasteiger charge is 2.73. The molecule has 114 valence electrons. The fourth-order valence-corrected chi connectivity index (χ4v) is 1.08. The molecule has 0 rings (SSSR count). The van der Waals surface area contributed by atoms with Crippen molar-refractivity contribution in [3.05, 3.63) is 12.4 Å². The normalized spacial score (nSPS) is 17.0. The molecule has 0 radical (unpaired) electrons. The van der Waals surface area contributed by atoms with Gasteiger partial charge in [0, 0.05) is 6.42 Å². The second-order valence-electron chi connectivity index (χ2n) is 3.47. The first-order valence-electron chi connectivity index (χ1n) is 4.33.